The standard InChI is InChI=1S/C19H31N5O2.C2HF3O2/c1-15-4-3-7-23(11-15)12-16-10-19(13-26-16)5-8-24(9-6-19)18(25)17-20-14-21-22(17)2;3-2(4,5)1(6)7/h14-16H,3-13H2,1-2H3;(H,6,7). The molecule has 186 valence electrons. The second kappa shape index (κ2) is 10.4. The van der Waals surface area contributed by atoms with Crippen LogP contribution in [0.4, 0.5) is 13.2 Å². The number of hydrogen-bond acceptors (Lipinski definition) is 6. The fourth-order valence-electron chi connectivity index (χ4n) is 4.92. The summed E-state index contributed by atoms with van der Waals surface area (Å²) in [5.74, 6) is -1.51. The van der Waals surface area contributed by atoms with Gasteiger partial charge in [-0.05, 0) is 50.0 Å². The van der Waals surface area contributed by atoms with Crippen LogP contribution < -0.4 is 0 Å². The molecule has 0 saturated carbocycles. The Morgan fingerprint density at radius 3 is 2.48 bits per heavy atom. The van der Waals surface area contributed by atoms with E-state index in [4.69, 9.17) is 14.6 Å². The number of halogens is 3. The second-order valence-electron chi connectivity index (χ2n) is 9.45. The number of nitrogens with zero attached hydrogens (tertiary/aromatic N) is 5. The van der Waals surface area contributed by atoms with Crippen molar-refractivity contribution in [2.24, 2.45) is 18.4 Å². The van der Waals surface area contributed by atoms with Crippen molar-refractivity contribution in [1.82, 2.24) is 24.6 Å². The van der Waals surface area contributed by atoms with E-state index < -0.39 is 12.1 Å². The number of aryl methyl sites for hydroxylation is 1. The summed E-state index contributed by atoms with van der Waals surface area (Å²) in [5.41, 5.74) is 0.267. The van der Waals surface area contributed by atoms with E-state index in [0.29, 0.717) is 11.9 Å². The van der Waals surface area contributed by atoms with Crippen LogP contribution in [-0.4, -0.2) is 93.2 Å². The van der Waals surface area contributed by atoms with Gasteiger partial charge in [-0.3, -0.25) is 4.79 Å². The SMILES string of the molecule is CC1CCCN(CC2CC3(CCN(C(=O)c4ncnn4C)CC3)CO2)C1.O=C(O)C(F)(F)F. The van der Waals surface area contributed by atoms with Crippen molar-refractivity contribution in [1.29, 1.82) is 0 Å². The first-order chi connectivity index (χ1) is 15.5. The maximum absolute atomic E-state index is 12.6. The second-order valence-corrected chi connectivity index (χ2v) is 9.45. The Bertz CT molecular complexity index is 823. The number of aromatic nitrogens is 3. The highest BCUT2D eigenvalue weighted by Crippen LogP contribution is 2.42. The molecule has 0 aromatic carbocycles. The van der Waals surface area contributed by atoms with Crippen molar-refractivity contribution < 1.29 is 32.6 Å². The number of carbonyl (C=O) groups excluding carboxylic acids is 1. The number of piperidine rings is 2. The number of aliphatic carboxylic acids is 1. The molecule has 3 aliphatic heterocycles. The largest absolute Gasteiger partial charge is 0.490 e. The van der Waals surface area contributed by atoms with Crippen molar-refractivity contribution in [2.45, 2.75) is 51.3 Å². The number of alkyl halides is 3. The number of carbonyl (C=O) groups is 2. The summed E-state index contributed by atoms with van der Waals surface area (Å²) in [6.45, 7) is 8.31. The van der Waals surface area contributed by atoms with Crippen molar-refractivity contribution in [2.75, 3.05) is 39.3 Å². The number of amides is 1. The predicted octanol–water partition coefficient (Wildman–Crippen LogP) is 2.19. The van der Waals surface area contributed by atoms with Crippen molar-refractivity contribution >= 4 is 11.9 Å². The Morgan fingerprint density at radius 2 is 1.94 bits per heavy atom. The van der Waals surface area contributed by atoms with E-state index in [9.17, 15) is 18.0 Å². The Labute approximate surface area is 190 Å². The van der Waals surface area contributed by atoms with Crippen LogP contribution in [0.5, 0.6) is 0 Å². The normalized spacial score (nSPS) is 25.5. The molecule has 0 bridgehead atoms. The molecule has 3 aliphatic rings. The van der Waals surface area contributed by atoms with Crippen LogP contribution in [0.2, 0.25) is 0 Å². The molecule has 1 spiro atoms. The Balaban J connectivity index is 0.000000383. The molecule has 9 nitrogen and oxygen atoms in total. The van der Waals surface area contributed by atoms with Crippen LogP contribution in [0, 0.1) is 11.3 Å². The molecule has 33 heavy (non-hydrogen) atoms. The van der Waals surface area contributed by atoms with Gasteiger partial charge in [0.05, 0.1) is 12.7 Å². The van der Waals surface area contributed by atoms with Gasteiger partial charge in [-0.1, -0.05) is 6.92 Å². The van der Waals surface area contributed by atoms with Crippen LogP contribution >= 0.6 is 0 Å². The zero-order chi connectivity index (χ0) is 24.2. The summed E-state index contributed by atoms with van der Waals surface area (Å²) in [7, 11) is 1.77. The number of ether oxygens (including phenoxy) is 1. The average molecular weight is 476 g/mol. The molecule has 2 unspecified atom stereocenters. The lowest BCUT2D eigenvalue weighted by Crippen LogP contribution is -2.44. The minimum atomic E-state index is -5.08. The minimum absolute atomic E-state index is 0.00220. The molecule has 12 heteroatoms. The van der Waals surface area contributed by atoms with Crippen LogP contribution in [0.15, 0.2) is 6.33 Å². The van der Waals surface area contributed by atoms with Gasteiger partial charge in [-0.15, -0.1) is 0 Å². The number of carboxylic acid groups (broad SMARTS) is 1. The van der Waals surface area contributed by atoms with E-state index in [1.54, 1.807) is 11.7 Å². The predicted molar refractivity (Wildman–Crippen MR) is 111 cm³/mol. The van der Waals surface area contributed by atoms with Crippen LogP contribution in [0.3, 0.4) is 0 Å². The smallest absolute Gasteiger partial charge is 0.475 e. The lowest BCUT2D eigenvalue weighted by atomic mass is 9.76. The number of carboxylic acids is 1. The van der Waals surface area contributed by atoms with Gasteiger partial charge in [0.25, 0.3) is 5.91 Å². The Kier molecular flexibility index (Phi) is 7.99. The summed E-state index contributed by atoms with van der Waals surface area (Å²) in [4.78, 5) is 30.1. The molecule has 1 aromatic rings. The molecular weight excluding hydrogens is 443 g/mol. The summed E-state index contributed by atoms with van der Waals surface area (Å²) in [6, 6.07) is 0. The number of likely N-dealkylation sites (tertiary alicyclic amines) is 2. The molecule has 4 heterocycles. The van der Waals surface area contributed by atoms with Gasteiger partial charge in [0, 0.05) is 33.2 Å². The molecule has 3 fully saturated rings. The highest BCUT2D eigenvalue weighted by molar-refractivity contribution is 5.90. The molecule has 0 radical (unpaired) electrons. The van der Waals surface area contributed by atoms with E-state index >= 15 is 0 Å². The molecule has 4 rings (SSSR count). The monoisotopic (exact) mass is 475 g/mol. The third-order valence-corrected chi connectivity index (χ3v) is 6.75. The topological polar surface area (TPSA) is 101 Å². The summed E-state index contributed by atoms with van der Waals surface area (Å²) >= 11 is 0. The van der Waals surface area contributed by atoms with E-state index in [2.05, 4.69) is 21.9 Å². The molecule has 3 saturated heterocycles. The van der Waals surface area contributed by atoms with Gasteiger partial charge in [-0.2, -0.15) is 18.3 Å². The van der Waals surface area contributed by atoms with Crippen molar-refractivity contribution in [3.05, 3.63) is 12.2 Å². The van der Waals surface area contributed by atoms with Gasteiger partial charge < -0.3 is 19.6 Å². The number of hydrogen-bond donors (Lipinski definition) is 1. The van der Waals surface area contributed by atoms with Crippen molar-refractivity contribution in [3.8, 4) is 0 Å². The zero-order valence-electron chi connectivity index (χ0n) is 19.1. The van der Waals surface area contributed by atoms with E-state index in [1.807, 2.05) is 4.90 Å². The first kappa shape index (κ1) is 25.4. The van der Waals surface area contributed by atoms with Crippen LogP contribution in [-0.2, 0) is 16.6 Å². The summed E-state index contributed by atoms with van der Waals surface area (Å²) < 4.78 is 39.5. The zero-order valence-corrected chi connectivity index (χ0v) is 19.1. The first-order valence-electron chi connectivity index (χ1n) is 11.3. The molecule has 1 amide bonds. The third-order valence-electron chi connectivity index (χ3n) is 6.75. The molecule has 0 aliphatic carbocycles. The van der Waals surface area contributed by atoms with Gasteiger partial charge in [0.15, 0.2) is 0 Å². The third kappa shape index (κ3) is 6.66. The van der Waals surface area contributed by atoms with E-state index in [1.165, 1.54) is 32.3 Å². The molecule has 2 atom stereocenters. The first-order valence-corrected chi connectivity index (χ1v) is 11.3. The minimum Gasteiger partial charge on any atom is -0.475 e. The lowest BCUT2D eigenvalue weighted by molar-refractivity contribution is -0.192. The Hall–Kier alpha value is -2.21. The highest BCUT2D eigenvalue weighted by atomic mass is 19.4. The Morgan fingerprint density at radius 1 is 1.27 bits per heavy atom. The van der Waals surface area contributed by atoms with Crippen LogP contribution in [0.1, 0.15) is 49.6 Å². The highest BCUT2D eigenvalue weighted by Gasteiger charge is 2.44. The fourth-order valence-corrected chi connectivity index (χ4v) is 4.92. The average Bonchev–Trinajstić information content (AvgIpc) is 3.34. The molecule has 1 N–H and O–H groups in total. The fraction of sp³-hybridized carbons (Fsp3) is 0.810. The maximum atomic E-state index is 12.6. The van der Waals surface area contributed by atoms with Gasteiger partial charge in [0.2, 0.25) is 5.82 Å². The lowest BCUT2D eigenvalue weighted by Gasteiger charge is -2.38. The van der Waals surface area contributed by atoms with Crippen LogP contribution in [0.25, 0.3) is 0 Å². The van der Waals surface area contributed by atoms with Gasteiger partial charge >= 0.3 is 12.1 Å². The number of rotatable bonds is 3. The van der Waals surface area contributed by atoms with E-state index in [-0.39, 0.29) is 11.3 Å². The summed E-state index contributed by atoms with van der Waals surface area (Å²) in [6.07, 6.45) is 2.60. The van der Waals surface area contributed by atoms with E-state index in [0.717, 1.165) is 51.4 Å². The van der Waals surface area contributed by atoms with Gasteiger partial charge in [0.1, 0.15) is 6.33 Å². The molecule has 1 aromatic heterocycles. The van der Waals surface area contributed by atoms with Gasteiger partial charge in [-0.25, -0.2) is 14.5 Å². The summed E-state index contributed by atoms with van der Waals surface area (Å²) in [5, 5.41) is 11.1. The van der Waals surface area contributed by atoms with Crippen molar-refractivity contribution in [3.63, 3.8) is 0 Å². The quantitative estimate of drug-likeness (QED) is 0.715. The maximum Gasteiger partial charge on any atom is 0.490 e. The molecular formula is C21H32F3N5O4.